The van der Waals surface area contributed by atoms with Gasteiger partial charge in [0, 0.05) is 6.54 Å². The number of hydrogen-bond donors (Lipinski definition) is 2. The number of aliphatic carboxylic acids is 1. The molecule has 0 bridgehead atoms. The van der Waals surface area contributed by atoms with Crippen LogP contribution < -0.4 is 10.9 Å². The normalized spacial score (nSPS) is 12.0. The minimum atomic E-state index is -0.986. The molecule has 1 heterocycles. The molecule has 2 rings (SSSR count). The van der Waals surface area contributed by atoms with Crippen molar-refractivity contribution in [3.63, 3.8) is 0 Å². The molecule has 1 amide bonds. The van der Waals surface area contributed by atoms with E-state index in [1.807, 2.05) is 0 Å². The van der Waals surface area contributed by atoms with E-state index in [1.54, 1.807) is 24.3 Å². The molecule has 7 heteroatoms. The van der Waals surface area contributed by atoms with Gasteiger partial charge in [-0.15, -0.1) is 0 Å². The van der Waals surface area contributed by atoms with Crippen LogP contribution in [-0.2, 0) is 16.1 Å². The first-order valence-corrected chi connectivity index (χ1v) is 6.42. The molecule has 1 atom stereocenters. The molecule has 110 valence electrons. The van der Waals surface area contributed by atoms with Crippen LogP contribution in [0.2, 0.25) is 0 Å². The predicted molar refractivity (Wildman–Crippen MR) is 75.8 cm³/mol. The zero-order valence-electron chi connectivity index (χ0n) is 11.4. The van der Waals surface area contributed by atoms with Crippen LogP contribution in [0, 0.1) is 5.92 Å². The Bertz CT molecular complexity index is 738. The fourth-order valence-electron chi connectivity index (χ4n) is 1.78. The van der Waals surface area contributed by atoms with Crippen molar-refractivity contribution in [2.75, 3.05) is 6.54 Å². The maximum Gasteiger partial charge on any atom is 0.308 e. The van der Waals surface area contributed by atoms with Gasteiger partial charge in [-0.25, -0.2) is 4.98 Å². The lowest BCUT2D eigenvalue weighted by molar-refractivity contribution is -0.141. The fraction of sp³-hybridized carbons (Fsp3) is 0.286. The maximum atomic E-state index is 12.2. The summed E-state index contributed by atoms with van der Waals surface area (Å²) in [6.07, 6.45) is 1.31. The van der Waals surface area contributed by atoms with E-state index < -0.39 is 17.8 Å². The van der Waals surface area contributed by atoms with Crippen LogP contribution in [0.5, 0.6) is 0 Å². The largest absolute Gasteiger partial charge is 0.481 e. The number of rotatable bonds is 5. The number of fused-ring (bicyclic) bond motifs is 1. The Kier molecular flexibility index (Phi) is 4.32. The highest BCUT2D eigenvalue weighted by Crippen LogP contribution is 2.04. The van der Waals surface area contributed by atoms with E-state index in [4.69, 9.17) is 5.11 Å². The van der Waals surface area contributed by atoms with Crippen molar-refractivity contribution < 1.29 is 14.7 Å². The summed E-state index contributed by atoms with van der Waals surface area (Å²) in [6, 6.07) is 6.87. The Labute approximate surface area is 120 Å². The molecule has 0 aliphatic carbocycles. The first-order chi connectivity index (χ1) is 9.99. The number of nitrogens with zero attached hydrogens (tertiary/aromatic N) is 2. The zero-order chi connectivity index (χ0) is 15.4. The standard InChI is InChI=1S/C14H15N3O4/c1-9(14(20)21)6-15-12(18)7-17-8-16-11-5-3-2-4-10(11)13(17)19/h2-5,8-9H,6-7H2,1H3,(H,15,18)(H,20,21). The summed E-state index contributed by atoms with van der Waals surface area (Å²) in [6.45, 7) is 1.32. The Morgan fingerprint density at radius 1 is 1.38 bits per heavy atom. The SMILES string of the molecule is CC(CNC(=O)Cn1cnc2ccccc2c1=O)C(=O)O. The molecule has 0 radical (unpaired) electrons. The first kappa shape index (κ1) is 14.7. The van der Waals surface area contributed by atoms with Crippen LogP contribution in [0.25, 0.3) is 10.9 Å². The summed E-state index contributed by atoms with van der Waals surface area (Å²) in [5, 5.41) is 11.6. The molecular weight excluding hydrogens is 274 g/mol. The Balaban J connectivity index is 2.10. The van der Waals surface area contributed by atoms with E-state index in [0.29, 0.717) is 10.9 Å². The molecule has 1 aromatic heterocycles. The summed E-state index contributed by atoms with van der Waals surface area (Å²) >= 11 is 0. The summed E-state index contributed by atoms with van der Waals surface area (Å²) < 4.78 is 1.20. The van der Waals surface area contributed by atoms with Gasteiger partial charge in [-0.05, 0) is 12.1 Å². The van der Waals surface area contributed by atoms with Gasteiger partial charge >= 0.3 is 5.97 Å². The average Bonchev–Trinajstić information content (AvgIpc) is 2.48. The number of hydrogen-bond acceptors (Lipinski definition) is 4. The number of benzene rings is 1. The number of aromatic nitrogens is 2. The number of amides is 1. The van der Waals surface area contributed by atoms with Crippen molar-refractivity contribution in [2.24, 2.45) is 5.92 Å². The lowest BCUT2D eigenvalue weighted by Gasteiger charge is -2.10. The van der Waals surface area contributed by atoms with Crippen molar-refractivity contribution in [3.05, 3.63) is 40.9 Å². The molecule has 2 aromatic rings. The molecule has 0 saturated carbocycles. The number of carbonyl (C=O) groups is 2. The molecule has 1 aromatic carbocycles. The zero-order valence-corrected chi connectivity index (χ0v) is 11.4. The Hall–Kier alpha value is -2.70. The van der Waals surface area contributed by atoms with Gasteiger partial charge in [0.2, 0.25) is 5.91 Å². The van der Waals surface area contributed by atoms with Gasteiger partial charge in [0.05, 0.1) is 23.1 Å². The van der Waals surface area contributed by atoms with Crippen LogP contribution in [0.4, 0.5) is 0 Å². The van der Waals surface area contributed by atoms with Gasteiger partial charge in [-0.3, -0.25) is 19.0 Å². The van der Waals surface area contributed by atoms with Crippen LogP contribution in [0.15, 0.2) is 35.4 Å². The fourth-order valence-corrected chi connectivity index (χ4v) is 1.78. The number of carboxylic acid groups (broad SMARTS) is 1. The summed E-state index contributed by atoms with van der Waals surface area (Å²) in [7, 11) is 0. The first-order valence-electron chi connectivity index (χ1n) is 6.42. The molecule has 2 N–H and O–H groups in total. The predicted octanol–water partition coefficient (Wildman–Crippen LogP) is 0.233. The lowest BCUT2D eigenvalue weighted by Crippen LogP contribution is -2.36. The van der Waals surface area contributed by atoms with Gasteiger partial charge < -0.3 is 10.4 Å². The highest BCUT2D eigenvalue weighted by Gasteiger charge is 2.13. The molecule has 1 unspecified atom stereocenters. The Morgan fingerprint density at radius 3 is 2.81 bits per heavy atom. The third-order valence-electron chi connectivity index (χ3n) is 3.07. The molecule has 21 heavy (non-hydrogen) atoms. The van der Waals surface area contributed by atoms with Crippen LogP contribution in [-0.4, -0.2) is 33.1 Å². The van der Waals surface area contributed by atoms with Crippen molar-refractivity contribution in [1.82, 2.24) is 14.9 Å². The van der Waals surface area contributed by atoms with E-state index in [9.17, 15) is 14.4 Å². The second kappa shape index (κ2) is 6.17. The molecule has 7 nitrogen and oxygen atoms in total. The number of para-hydroxylation sites is 1. The van der Waals surface area contributed by atoms with Gasteiger partial charge in [0.15, 0.2) is 0 Å². The van der Waals surface area contributed by atoms with E-state index in [2.05, 4.69) is 10.3 Å². The van der Waals surface area contributed by atoms with E-state index in [1.165, 1.54) is 17.8 Å². The summed E-state index contributed by atoms with van der Waals surface area (Å²) in [5.74, 6) is -2.09. The summed E-state index contributed by atoms with van der Waals surface area (Å²) in [5.41, 5.74) is 0.265. The van der Waals surface area contributed by atoms with E-state index >= 15 is 0 Å². The average molecular weight is 289 g/mol. The molecular formula is C14H15N3O4. The number of nitrogens with one attached hydrogen (secondary N) is 1. The van der Waals surface area contributed by atoms with Gasteiger partial charge in [0.1, 0.15) is 6.54 Å². The third kappa shape index (κ3) is 3.44. The Morgan fingerprint density at radius 2 is 2.10 bits per heavy atom. The van der Waals surface area contributed by atoms with Crippen molar-refractivity contribution in [1.29, 1.82) is 0 Å². The lowest BCUT2D eigenvalue weighted by atomic mass is 10.2. The molecule has 0 fully saturated rings. The van der Waals surface area contributed by atoms with E-state index in [0.717, 1.165) is 0 Å². The van der Waals surface area contributed by atoms with Gasteiger partial charge in [-0.2, -0.15) is 0 Å². The highest BCUT2D eigenvalue weighted by molar-refractivity contribution is 5.79. The quantitative estimate of drug-likeness (QED) is 0.820. The molecule has 0 aliphatic rings. The van der Waals surface area contributed by atoms with Crippen molar-refractivity contribution >= 4 is 22.8 Å². The van der Waals surface area contributed by atoms with Crippen LogP contribution in [0.1, 0.15) is 6.92 Å². The second-order valence-corrected chi connectivity index (χ2v) is 4.74. The minimum absolute atomic E-state index is 0.0178. The van der Waals surface area contributed by atoms with Crippen molar-refractivity contribution in [3.8, 4) is 0 Å². The number of carbonyl (C=O) groups excluding carboxylic acids is 1. The molecule has 0 saturated heterocycles. The van der Waals surface area contributed by atoms with Gasteiger partial charge in [-0.1, -0.05) is 19.1 Å². The molecule has 0 spiro atoms. The summed E-state index contributed by atoms with van der Waals surface area (Å²) in [4.78, 5) is 38.7. The minimum Gasteiger partial charge on any atom is -0.481 e. The van der Waals surface area contributed by atoms with Crippen molar-refractivity contribution in [2.45, 2.75) is 13.5 Å². The van der Waals surface area contributed by atoms with Crippen LogP contribution in [0.3, 0.4) is 0 Å². The second-order valence-electron chi connectivity index (χ2n) is 4.74. The van der Waals surface area contributed by atoms with Gasteiger partial charge in [0.25, 0.3) is 5.56 Å². The monoisotopic (exact) mass is 289 g/mol. The maximum absolute atomic E-state index is 12.2. The highest BCUT2D eigenvalue weighted by atomic mass is 16.4. The van der Waals surface area contributed by atoms with E-state index in [-0.39, 0.29) is 18.6 Å². The topological polar surface area (TPSA) is 101 Å². The number of carboxylic acids is 1. The molecule has 0 aliphatic heterocycles. The van der Waals surface area contributed by atoms with Crippen LogP contribution >= 0.6 is 0 Å². The smallest absolute Gasteiger partial charge is 0.308 e. The third-order valence-corrected chi connectivity index (χ3v) is 3.07.